The predicted molar refractivity (Wildman–Crippen MR) is 77.3 cm³/mol. The highest BCUT2D eigenvalue weighted by molar-refractivity contribution is 7.91. The number of nitrogens with zero attached hydrogens (tertiary/aromatic N) is 1. The highest BCUT2D eigenvalue weighted by Crippen LogP contribution is 2.41. The van der Waals surface area contributed by atoms with E-state index in [1.807, 2.05) is 0 Å². The largest absolute Gasteiger partial charge is 0.342 e. The lowest BCUT2D eigenvalue weighted by Gasteiger charge is -2.38. The average Bonchev–Trinajstić information content (AvgIpc) is 3.21. The number of rotatable bonds is 2. The maximum atomic E-state index is 12.9. The SMILES string of the molecule is CC1(C2CC2)NC(=O)CCN(C2CCCS(=O)(=O)C2)C1=O. The zero-order valence-electron chi connectivity index (χ0n) is 12.3. The van der Waals surface area contributed by atoms with Gasteiger partial charge in [-0.15, -0.1) is 0 Å². The van der Waals surface area contributed by atoms with Crippen LogP contribution in [0, 0.1) is 5.92 Å². The molecular weight excluding hydrogens is 292 g/mol. The molecule has 1 N–H and O–H groups in total. The van der Waals surface area contributed by atoms with Crippen molar-refractivity contribution < 1.29 is 18.0 Å². The Hall–Kier alpha value is -1.11. The molecule has 2 aliphatic heterocycles. The Morgan fingerprint density at radius 3 is 2.57 bits per heavy atom. The van der Waals surface area contributed by atoms with Gasteiger partial charge in [-0.3, -0.25) is 9.59 Å². The molecule has 0 aromatic carbocycles. The minimum Gasteiger partial charge on any atom is -0.342 e. The van der Waals surface area contributed by atoms with Crippen molar-refractivity contribution in [2.24, 2.45) is 5.92 Å². The fourth-order valence-corrected chi connectivity index (χ4v) is 5.26. The van der Waals surface area contributed by atoms with Crippen LogP contribution in [0.5, 0.6) is 0 Å². The Morgan fingerprint density at radius 1 is 1.24 bits per heavy atom. The van der Waals surface area contributed by atoms with Crippen molar-refractivity contribution in [2.75, 3.05) is 18.1 Å². The molecule has 0 aromatic heterocycles. The summed E-state index contributed by atoms with van der Waals surface area (Å²) in [6, 6.07) is -0.276. The molecule has 0 spiro atoms. The van der Waals surface area contributed by atoms with Gasteiger partial charge in [0.25, 0.3) is 0 Å². The van der Waals surface area contributed by atoms with Crippen LogP contribution in [-0.4, -0.2) is 54.8 Å². The molecule has 6 nitrogen and oxygen atoms in total. The second-order valence-corrected chi connectivity index (χ2v) is 8.91. The molecule has 3 rings (SSSR count). The molecule has 118 valence electrons. The van der Waals surface area contributed by atoms with E-state index < -0.39 is 15.4 Å². The van der Waals surface area contributed by atoms with E-state index in [0.29, 0.717) is 19.4 Å². The Kier molecular flexibility index (Phi) is 3.50. The zero-order valence-corrected chi connectivity index (χ0v) is 13.1. The number of hydrogen-bond acceptors (Lipinski definition) is 4. The number of carbonyl (C=O) groups excluding carboxylic acids is 2. The number of carbonyl (C=O) groups is 2. The van der Waals surface area contributed by atoms with Crippen LogP contribution in [0.1, 0.15) is 39.0 Å². The summed E-state index contributed by atoms with van der Waals surface area (Å²) in [4.78, 5) is 26.5. The summed E-state index contributed by atoms with van der Waals surface area (Å²) in [5.41, 5.74) is -0.852. The lowest BCUT2D eigenvalue weighted by molar-refractivity contribution is -0.140. The van der Waals surface area contributed by atoms with Crippen LogP contribution in [-0.2, 0) is 19.4 Å². The molecule has 2 saturated heterocycles. The standard InChI is InChI=1S/C14H22N2O4S/c1-14(10-4-5-10)13(18)16(7-6-12(17)15-14)11-3-2-8-21(19,20)9-11/h10-11H,2-9H2,1H3,(H,15,17). The second-order valence-electron chi connectivity index (χ2n) is 6.68. The molecule has 2 heterocycles. The minimum absolute atomic E-state index is 0.0354. The maximum absolute atomic E-state index is 12.9. The normalized spacial score (nSPS) is 37.0. The van der Waals surface area contributed by atoms with Crippen molar-refractivity contribution in [3.05, 3.63) is 0 Å². The Morgan fingerprint density at radius 2 is 1.95 bits per heavy atom. The van der Waals surface area contributed by atoms with E-state index in [0.717, 1.165) is 12.8 Å². The molecule has 2 amide bonds. The van der Waals surface area contributed by atoms with Crippen molar-refractivity contribution in [1.82, 2.24) is 10.2 Å². The van der Waals surface area contributed by atoms with Crippen LogP contribution in [0.2, 0.25) is 0 Å². The molecule has 0 aromatic rings. The van der Waals surface area contributed by atoms with Gasteiger partial charge in [0, 0.05) is 19.0 Å². The first-order chi connectivity index (χ1) is 9.82. The van der Waals surface area contributed by atoms with Gasteiger partial charge in [-0.2, -0.15) is 0 Å². The molecule has 1 saturated carbocycles. The molecule has 0 bridgehead atoms. The van der Waals surface area contributed by atoms with Crippen LogP contribution in [0.4, 0.5) is 0 Å². The predicted octanol–water partition coefficient (Wildman–Crippen LogP) is 0.0808. The van der Waals surface area contributed by atoms with Crippen molar-refractivity contribution in [3.8, 4) is 0 Å². The van der Waals surface area contributed by atoms with Crippen LogP contribution >= 0.6 is 0 Å². The summed E-state index contributed by atoms with van der Waals surface area (Å²) >= 11 is 0. The zero-order chi connectivity index (χ0) is 15.3. The van der Waals surface area contributed by atoms with Crippen LogP contribution in [0.3, 0.4) is 0 Å². The van der Waals surface area contributed by atoms with Crippen molar-refractivity contribution in [1.29, 1.82) is 0 Å². The highest BCUT2D eigenvalue weighted by Gasteiger charge is 2.52. The van der Waals surface area contributed by atoms with Gasteiger partial charge in [-0.05, 0) is 38.5 Å². The fourth-order valence-electron chi connectivity index (χ4n) is 3.56. The van der Waals surface area contributed by atoms with E-state index in [4.69, 9.17) is 0 Å². The monoisotopic (exact) mass is 314 g/mol. The molecule has 7 heteroatoms. The summed E-state index contributed by atoms with van der Waals surface area (Å²) < 4.78 is 23.7. The van der Waals surface area contributed by atoms with Crippen LogP contribution < -0.4 is 5.32 Å². The molecule has 2 unspecified atom stereocenters. The molecule has 2 atom stereocenters. The van der Waals surface area contributed by atoms with E-state index in [1.54, 1.807) is 11.8 Å². The third-order valence-electron chi connectivity index (χ3n) is 4.96. The van der Waals surface area contributed by atoms with Gasteiger partial charge < -0.3 is 10.2 Å². The lowest BCUT2D eigenvalue weighted by atomic mass is 9.93. The van der Waals surface area contributed by atoms with Crippen LogP contribution in [0.25, 0.3) is 0 Å². The van der Waals surface area contributed by atoms with Gasteiger partial charge in [-0.1, -0.05) is 0 Å². The van der Waals surface area contributed by atoms with Crippen molar-refractivity contribution in [2.45, 2.75) is 50.6 Å². The average molecular weight is 314 g/mol. The van der Waals surface area contributed by atoms with Gasteiger partial charge in [0.05, 0.1) is 11.5 Å². The smallest absolute Gasteiger partial charge is 0.248 e. The van der Waals surface area contributed by atoms with Gasteiger partial charge in [-0.25, -0.2) is 8.42 Å². The molecule has 0 radical (unpaired) electrons. The van der Waals surface area contributed by atoms with Gasteiger partial charge >= 0.3 is 0 Å². The minimum atomic E-state index is -3.07. The Labute approximate surface area is 125 Å². The first kappa shape index (κ1) is 14.8. The fraction of sp³-hybridized carbons (Fsp3) is 0.857. The van der Waals surface area contributed by atoms with Crippen LogP contribution in [0.15, 0.2) is 0 Å². The number of sulfone groups is 1. The lowest BCUT2D eigenvalue weighted by Crippen LogP contribution is -2.59. The molecular formula is C14H22N2O4S. The summed E-state index contributed by atoms with van der Waals surface area (Å²) in [6.45, 7) is 2.12. The van der Waals surface area contributed by atoms with Gasteiger partial charge in [0.2, 0.25) is 11.8 Å². The van der Waals surface area contributed by atoms with E-state index >= 15 is 0 Å². The number of nitrogens with one attached hydrogen (secondary N) is 1. The Bertz CT molecular complexity index is 570. The molecule has 21 heavy (non-hydrogen) atoms. The summed E-state index contributed by atoms with van der Waals surface area (Å²) in [5, 5.41) is 2.88. The molecule has 3 fully saturated rings. The quantitative estimate of drug-likeness (QED) is 0.782. The summed E-state index contributed by atoms with van der Waals surface area (Å²) in [7, 11) is -3.07. The second kappa shape index (κ2) is 4.97. The summed E-state index contributed by atoms with van der Waals surface area (Å²) in [6.07, 6.45) is 3.45. The third-order valence-corrected chi connectivity index (χ3v) is 6.76. The van der Waals surface area contributed by atoms with E-state index in [9.17, 15) is 18.0 Å². The van der Waals surface area contributed by atoms with E-state index in [1.165, 1.54) is 0 Å². The molecule has 1 aliphatic carbocycles. The first-order valence-corrected chi connectivity index (χ1v) is 9.46. The van der Waals surface area contributed by atoms with Gasteiger partial charge in [0.1, 0.15) is 5.54 Å². The van der Waals surface area contributed by atoms with Gasteiger partial charge in [0.15, 0.2) is 9.84 Å². The Balaban J connectivity index is 1.86. The topological polar surface area (TPSA) is 83.6 Å². The number of amides is 2. The van der Waals surface area contributed by atoms with E-state index in [2.05, 4.69) is 5.32 Å². The summed E-state index contributed by atoms with van der Waals surface area (Å²) in [5.74, 6) is 0.225. The maximum Gasteiger partial charge on any atom is 0.248 e. The van der Waals surface area contributed by atoms with Crippen molar-refractivity contribution in [3.63, 3.8) is 0 Å². The highest BCUT2D eigenvalue weighted by atomic mass is 32.2. The molecule has 3 aliphatic rings. The third kappa shape index (κ3) is 2.80. The van der Waals surface area contributed by atoms with Crippen molar-refractivity contribution >= 4 is 21.7 Å². The number of hydrogen-bond donors (Lipinski definition) is 1. The first-order valence-electron chi connectivity index (χ1n) is 7.64. The van der Waals surface area contributed by atoms with E-state index in [-0.39, 0.29) is 41.7 Å².